The van der Waals surface area contributed by atoms with Gasteiger partial charge in [0.2, 0.25) is 5.91 Å². The summed E-state index contributed by atoms with van der Waals surface area (Å²) in [5.74, 6) is -2.10. The van der Waals surface area contributed by atoms with Gasteiger partial charge in [-0.3, -0.25) is 14.9 Å². The molecule has 2 aromatic rings. The van der Waals surface area contributed by atoms with Gasteiger partial charge in [-0.2, -0.15) is 0 Å². The van der Waals surface area contributed by atoms with E-state index in [9.17, 15) is 24.1 Å². The van der Waals surface area contributed by atoms with Crippen molar-refractivity contribution in [1.29, 1.82) is 0 Å². The number of hydrogen-bond donors (Lipinski definition) is 0. The van der Waals surface area contributed by atoms with Crippen LogP contribution in [0.25, 0.3) is 0 Å². The Kier molecular flexibility index (Phi) is 6.25. The monoisotopic (exact) mass is 412 g/mol. The SMILES string of the molecule is CCOC(=O)C1=C(C)N(Cc2ccc([N+](=O)[O-])cc2)C(=O)CC1c1ccccc1F. The molecule has 3 rings (SSSR count). The molecule has 1 unspecified atom stereocenters. The van der Waals surface area contributed by atoms with Crippen LogP contribution in [0.15, 0.2) is 59.8 Å². The topological polar surface area (TPSA) is 89.8 Å². The van der Waals surface area contributed by atoms with E-state index in [0.29, 0.717) is 11.3 Å². The molecular weight excluding hydrogens is 391 g/mol. The van der Waals surface area contributed by atoms with Gasteiger partial charge in [0, 0.05) is 30.2 Å². The number of allylic oxidation sites excluding steroid dienone is 1. The van der Waals surface area contributed by atoms with Crippen molar-refractivity contribution in [3.63, 3.8) is 0 Å². The highest BCUT2D eigenvalue weighted by atomic mass is 19.1. The van der Waals surface area contributed by atoms with Gasteiger partial charge in [-0.1, -0.05) is 30.3 Å². The molecule has 0 aromatic heterocycles. The molecule has 1 amide bonds. The summed E-state index contributed by atoms with van der Waals surface area (Å²) in [6.07, 6.45) is -0.0839. The molecule has 0 fully saturated rings. The summed E-state index contributed by atoms with van der Waals surface area (Å²) in [7, 11) is 0. The molecule has 0 aliphatic carbocycles. The molecule has 2 aromatic carbocycles. The Balaban J connectivity index is 2.00. The van der Waals surface area contributed by atoms with Crippen molar-refractivity contribution in [2.75, 3.05) is 6.61 Å². The van der Waals surface area contributed by atoms with Crippen LogP contribution in [0, 0.1) is 15.9 Å². The van der Waals surface area contributed by atoms with E-state index in [-0.39, 0.29) is 42.3 Å². The maximum atomic E-state index is 14.4. The molecule has 0 spiro atoms. The molecule has 8 heteroatoms. The van der Waals surface area contributed by atoms with Gasteiger partial charge in [0.05, 0.1) is 23.6 Å². The number of esters is 1. The lowest BCUT2D eigenvalue weighted by Crippen LogP contribution is -2.38. The minimum atomic E-state index is -0.745. The lowest BCUT2D eigenvalue weighted by Gasteiger charge is -2.34. The van der Waals surface area contributed by atoms with E-state index < -0.39 is 22.6 Å². The van der Waals surface area contributed by atoms with Crippen LogP contribution in [0.5, 0.6) is 0 Å². The van der Waals surface area contributed by atoms with E-state index >= 15 is 0 Å². The van der Waals surface area contributed by atoms with Crippen LogP contribution in [-0.4, -0.2) is 28.3 Å². The van der Waals surface area contributed by atoms with E-state index in [1.54, 1.807) is 44.2 Å². The largest absolute Gasteiger partial charge is 0.463 e. The van der Waals surface area contributed by atoms with E-state index in [4.69, 9.17) is 4.74 Å². The number of nitro groups is 1. The first kappa shape index (κ1) is 21.2. The van der Waals surface area contributed by atoms with Gasteiger partial charge in [-0.25, -0.2) is 9.18 Å². The van der Waals surface area contributed by atoms with Crippen molar-refractivity contribution < 1.29 is 23.6 Å². The number of nitrogens with zero attached hydrogens (tertiary/aromatic N) is 2. The van der Waals surface area contributed by atoms with Crippen molar-refractivity contribution in [3.8, 4) is 0 Å². The van der Waals surface area contributed by atoms with Crippen LogP contribution in [-0.2, 0) is 20.9 Å². The fourth-order valence-electron chi connectivity index (χ4n) is 3.61. The third-order valence-corrected chi connectivity index (χ3v) is 5.09. The molecule has 0 saturated carbocycles. The summed E-state index contributed by atoms with van der Waals surface area (Å²) in [4.78, 5) is 37.4. The zero-order valence-corrected chi connectivity index (χ0v) is 16.6. The second-order valence-corrected chi connectivity index (χ2v) is 6.90. The summed E-state index contributed by atoms with van der Waals surface area (Å²) >= 11 is 0. The third kappa shape index (κ3) is 4.22. The minimum Gasteiger partial charge on any atom is -0.463 e. The number of hydrogen-bond acceptors (Lipinski definition) is 5. The number of halogens is 1. The van der Waals surface area contributed by atoms with Crippen molar-refractivity contribution in [3.05, 3.63) is 86.9 Å². The van der Waals surface area contributed by atoms with Gasteiger partial charge in [-0.05, 0) is 31.0 Å². The molecule has 0 N–H and O–H groups in total. The highest BCUT2D eigenvalue weighted by molar-refractivity contribution is 5.95. The van der Waals surface area contributed by atoms with Crippen LogP contribution < -0.4 is 0 Å². The molecule has 156 valence electrons. The van der Waals surface area contributed by atoms with E-state index in [1.807, 2.05) is 0 Å². The molecule has 0 bridgehead atoms. The number of nitro benzene ring substituents is 1. The normalized spacial score (nSPS) is 16.6. The fourth-order valence-corrected chi connectivity index (χ4v) is 3.61. The van der Waals surface area contributed by atoms with Crippen molar-refractivity contribution >= 4 is 17.6 Å². The first-order valence-corrected chi connectivity index (χ1v) is 9.49. The van der Waals surface area contributed by atoms with Gasteiger partial charge >= 0.3 is 5.97 Å². The van der Waals surface area contributed by atoms with E-state index in [0.717, 1.165) is 0 Å². The summed E-state index contributed by atoms with van der Waals surface area (Å²) in [5, 5.41) is 10.8. The number of ether oxygens (including phenoxy) is 1. The van der Waals surface area contributed by atoms with Crippen LogP contribution in [0.1, 0.15) is 37.3 Å². The highest BCUT2D eigenvalue weighted by Gasteiger charge is 2.37. The maximum Gasteiger partial charge on any atom is 0.336 e. The molecule has 0 radical (unpaired) electrons. The van der Waals surface area contributed by atoms with Crippen molar-refractivity contribution in [2.24, 2.45) is 0 Å². The highest BCUT2D eigenvalue weighted by Crippen LogP contribution is 2.38. The summed E-state index contributed by atoms with van der Waals surface area (Å²) in [5.41, 5.74) is 1.51. The Hall–Kier alpha value is -3.55. The number of benzene rings is 2. The number of amides is 1. The van der Waals surface area contributed by atoms with Crippen LogP contribution in [0.2, 0.25) is 0 Å². The van der Waals surface area contributed by atoms with E-state index in [1.165, 1.54) is 23.1 Å². The van der Waals surface area contributed by atoms with E-state index in [2.05, 4.69) is 0 Å². The molecule has 7 nitrogen and oxygen atoms in total. The van der Waals surface area contributed by atoms with Crippen molar-refractivity contribution in [1.82, 2.24) is 4.90 Å². The maximum absolute atomic E-state index is 14.4. The Bertz CT molecular complexity index is 1020. The summed E-state index contributed by atoms with van der Waals surface area (Å²) in [6.45, 7) is 3.59. The van der Waals surface area contributed by atoms with Gasteiger partial charge < -0.3 is 9.64 Å². The molecule has 1 aliphatic rings. The van der Waals surface area contributed by atoms with Crippen molar-refractivity contribution in [2.45, 2.75) is 32.7 Å². The first-order chi connectivity index (χ1) is 14.3. The Labute approximate surface area is 172 Å². The Morgan fingerprint density at radius 3 is 2.50 bits per heavy atom. The number of carbonyl (C=O) groups excluding carboxylic acids is 2. The Morgan fingerprint density at radius 1 is 1.23 bits per heavy atom. The van der Waals surface area contributed by atoms with Crippen LogP contribution in [0.4, 0.5) is 10.1 Å². The molecular formula is C22H21FN2O5. The molecule has 1 heterocycles. The predicted molar refractivity (Wildman–Crippen MR) is 107 cm³/mol. The molecule has 1 aliphatic heterocycles. The fraction of sp³-hybridized carbons (Fsp3) is 0.273. The minimum absolute atomic E-state index is 0.0529. The summed E-state index contributed by atoms with van der Waals surface area (Å²) in [6, 6.07) is 11.9. The smallest absolute Gasteiger partial charge is 0.336 e. The second-order valence-electron chi connectivity index (χ2n) is 6.90. The second kappa shape index (κ2) is 8.86. The molecule has 1 atom stereocenters. The Morgan fingerprint density at radius 2 is 1.90 bits per heavy atom. The average Bonchev–Trinajstić information content (AvgIpc) is 2.71. The zero-order chi connectivity index (χ0) is 21.8. The van der Waals surface area contributed by atoms with Gasteiger partial charge in [0.25, 0.3) is 5.69 Å². The number of carbonyl (C=O) groups is 2. The lowest BCUT2D eigenvalue weighted by atomic mass is 9.83. The molecule has 30 heavy (non-hydrogen) atoms. The lowest BCUT2D eigenvalue weighted by molar-refractivity contribution is -0.384. The first-order valence-electron chi connectivity index (χ1n) is 9.49. The third-order valence-electron chi connectivity index (χ3n) is 5.09. The quantitative estimate of drug-likeness (QED) is 0.405. The zero-order valence-electron chi connectivity index (χ0n) is 16.6. The standard InChI is InChI=1S/C22H21FN2O5/c1-3-30-22(27)21-14(2)24(13-15-8-10-16(11-9-15)25(28)29)20(26)12-18(21)17-6-4-5-7-19(17)23/h4-11,18H,3,12-13H2,1-2H3. The predicted octanol–water partition coefficient (Wildman–Crippen LogP) is 4.09. The van der Waals surface area contributed by atoms with Gasteiger partial charge in [0.15, 0.2) is 0 Å². The van der Waals surface area contributed by atoms with Crippen LogP contribution >= 0.6 is 0 Å². The van der Waals surface area contributed by atoms with Crippen LogP contribution in [0.3, 0.4) is 0 Å². The molecule has 0 saturated heterocycles. The van der Waals surface area contributed by atoms with Gasteiger partial charge in [0.1, 0.15) is 5.82 Å². The number of rotatable bonds is 6. The number of non-ortho nitro benzene ring substituents is 1. The average molecular weight is 412 g/mol. The summed E-state index contributed by atoms with van der Waals surface area (Å²) < 4.78 is 19.6. The van der Waals surface area contributed by atoms with Gasteiger partial charge in [-0.15, -0.1) is 0 Å².